The summed E-state index contributed by atoms with van der Waals surface area (Å²) in [5.74, 6) is 0. The van der Waals surface area contributed by atoms with Crippen molar-refractivity contribution in [2.24, 2.45) is 0 Å². The number of rotatable bonds is 0. The smallest absolute Gasteiger partial charge is 0.0494 e. The van der Waals surface area contributed by atoms with Crippen molar-refractivity contribution in [3.63, 3.8) is 0 Å². The van der Waals surface area contributed by atoms with Crippen LogP contribution in [0.15, 0.2) is 42.5 Å². The third kappa shape index (κ3) is 0.896. The molecule has 0 aliphatic heterocycles. The first-order chi connectivity index (χ1) is 6.86. The first-order valence-electron chi connectivity index (χ1n) is 4.82. The highest BCUT2D eigenvalue weighted by Gasteiger charge is 2.03. The molecule has 0 atom stereocenters. The van der Waals surface area contributed by atoms with Gasteiger partial charge in [0.2, 0.25) is 0 Å². The minimum atomic E-state index is 1.22. The van der Waals surface area contributed by atoms with Gasteiger partial charge in [0.25, 0.3) is 0 Å². The van der Waals surface area contributed by atoms with Gasteiger partial charge in [-0.05, 0) is 18.6 Å². The second-order valence-corrected chi connectivity index (χ2v) is 3.67. The van der Waals surface area contributed by atoms with Gasteiger partial charge >= 0.3 is 0 Å². The predicted molar refractivity (Wildman–Crippen MR) is 60.5 cm³/mol. The molecule has 0 radical (unpaired) electrons. The Hall–Kier alpha value is -1.76. The molecule has 1 N–H and O–H groups in total. The van der Waals surface area contributed by atoms with E-state index in [0.29, 0.717) is 0 Å². The van der Waals surface area contributed by atoms with Crippen LogP contribution in [0, 0.1) is 6.92 Å². The maximum atomic E-state index is 3.45. The van der Waals surface area contributed by atoms with Gasteiger partial charge in [0, 0.05) is 21.8 Å². The number of benzene rings is 2. The third-order valence-corrected chi connectivity index (χ3v) is 2.75. The van der Waals surface area contributed by atoms with Crippen LogP contribution in [0.4, 0.5) is 0 Å². The number of hydrogen-bond donors (Lipinski definition) is 1. The largest absolute Gasteiger partial charge is 0.354 e. The zero-order valence-electron chi connectivity index (χ0n) is 8.04. The molecule has 2 aromatic carbocycles. The Morgan fingerprint density at radius 3 is 2.57 bits per heavy atom. The molecule has 0 fully saturated rings. The van der Waals surface area contributed by atoms with Gasteiger partial charge in [-0.3, -0.25) is 0 Å². The molecular formula is C13H11N. The summed E-state index contributed by atoms with van der Waals surface area (Å²) in [6.45, 7) is 2.14. The zero-order valence-corrected chi connectivity index (χ0v) is 8.04. The monoisotopic (exact) mass is 181 g/mol. The molecule has 0 amide bonds. The number of aromatic nitrogens is 1. The fourth-order valence-corrected chi connectivity index (χ4v) is 2.02. The van der Waals surface area contributed by atoms with Crippen molar-refractivity contribution in [2.75, 3.05) is 0 Å². The molecule has 0 aliphatic rings. The fourth-order valence-electron chi connectivity index (χ4n) is 2.02. The molecule has 1 heteroatoms. The number of aromatic amines is 1. The molecule has 1 nitrogen and oxygen atoms in total. The normalized spacial score (nSPS) is 11.2. The van der Waals surface area contributed by atoms with E-state index in [-0.39, 0.29) is 0 Å². The van der Waals surface area contributed by atoms with Crippen LogP contribution in [0.3, 0.4) is 0 Å². The molecule has 3 aromatic rings. The van der Waals surface area contributed by atoms with Gasteiger partial charge in [-0.1, -0.05) is 36.4 Å². The van der Waals surface area contributed by atoms with Gasteiger partial charge in [0.15, 0.2) is 0 Å². The van der Waals surface area contributed by atoms with Crippen LogP contribution >= 0.6 is 0 Å². The fraction of sp³-hybridized carbons (Fsp3) is 0.0769. The quantitative estimate of drug-likeness (QED) is 0.545. The minimum absolute atomic E-state index is 1.22. The van der Waals surface area contributed by atoms with Crippen molar-refractivity contribution in [3.8, 4) is 0 Å². The molecule has 0 saturated heterocycles. The zero-order chi connectivity index (χ0) is 9.54. The van der Waals surface area contributed by atoms with Crippen molar-refractivity contribution in [1.29, 1.82) is 0 Å². The number of hydrogen-bond acceptors (Lipinski definition) is 0. The number of para-hydroxylation sites is 2. The van der Waals surface area contributed by atoms with E-state index >= 15 is 0 Å². The first kappa shape index (κ1) is 7.63. The summed E-state index contributed by atoms with van der Waals surface area (Å²) in [4.78, 5) is 3.45. The van der Waals surface area contributed by atoms with Crippen molar-refractivity contribution in [1.82, 2.24) is 4.98 Å². The van der Waals surface area contributed by atoms with E-state index in [1.807, 2.05) is 0 Å². The molecule has 3 rings (SSSR count). The lowest BCUT2D eigenvalue weighted by Crippen LogP contribution is -1.73. The average molecular weight is 181 g/mol. The van der Waals surface area contributed by atoms with E-state index in [9.17, 15) is 0 Å². The van der Waals surface area contributed by atoms with E-state index in [0.717, 1.165) is 0 Å². The van der Waals surface area contributed by atoms with Gasteiger partial charge < -0.3 is 4.98 Å². The topological polar surface area (TPSA) is 15.8 Å². The van der Waals surface area contributed by atoms with Crippen LogP contribution in [0.5, 0.6) is 0 Å². The highest BCUT2D eigenvalue weighted by atomic mass is 14.7. The van der Waals surface area contributed by atoms with Crippen LogP contribution in [-0.4, -0.2) is 4.98 Å². The molecule has 1 heterocycles. The Morgan fingerprint density at radius 1 is 0.857 bits per heavy atom. The third-order valence-electron chi connectivity index (χ3n) is 2.75. The summed E-state index contributed by atoms with van der Waals surface area (Å²) in [6.07, 6.45) is 0. The number of aryl methyl sites for hydroxylation is 1. The van der Waals surface area contributed by atoms with E-state index in [1.165, 1.54) is 27.4 Å². The lowest BCUT2D eigenvalue weighted by molar-refractivity contribution is 1.45. The van der Waals surface area contributed by atoms with Crippen LogP contribution in [0.2, 0.25) is 0 Å². The molecule has 0 spiro atoms. The van der Waals surface area contributed by atoms with E-state index in [4.69, 9.17) is 0 Å². The van der Waals surface area contributed by atoms with Gasteiger partial charge in [0.05, 0.1) is 0 Å². The summed E-state index contributed by atoms with van der Waals surface area (Å²) in [5, 5.41) is 2.63. The average Bonchev–Trinajstić information content (AvgIpc) is 2.59. The second-order valence-electron chi connectivity index (χ2n) is 3.67. The summed E-state index contributed by atoms with van der Waals surface area (Å²) in [5.41, 5.74) is 3.78. The van der Waals surface area contributed by atoms with Gasteiger partial charge in [0.1, 0.15) is 0 Å². The van der Waals surface area contributed by atoms with Crippen LogP contribution in [0.1, 0.15) is 5.56 Å². The molecule has 0 unspecified atom stereocenters. The van der Waals surface area contributed by atoms with Crippen molar-refractivity contribution >= 4 is 21.8 Å². The molecule has 1 aromatic heterocycles. The number of H-pyrrole nitrogens is 1. The highest BCUT2D eigenvalue weighted by molar-refractivity contribution is 6.08. The van der Waals surface area contributed by atoms with Crippen molar-refractivity contribution < 1.29 is 0 Å². The SMILES string of the molecule is Cc1cccc2c1[nH]c1ccccc12. The van der Waals surface area contributed by atoms with Gasteiger partial charge in [-0.25, -0.2) is 0 Å². The van der Waals surface area contributed by atoms with Gasteiger partial charge in [-0.2, -0.15) is 0 Å². The lowest BCUT2D eigenvalue weighted by atomic mass is 10.1. The molecular weight excluding hydrogens is 170 g/mol. The Balaban J connectivity index is 2.63. The molecule has 0 bridgehead atoms. The molecule has 0 aliphatic carbocycles. The van der Waals surface area contributed by atoms with Crippen LogP contribution in [0.25, 0.3) is 21.8 Å². The van der Waals surface area contributed by atoms with E-state index < -0.39 is 0 Å². The Kier molecular flexibility index (Phi) is 1.42. The molecule has 0 saturated carbocycles. The standard InChI is InChI=1S/C13H11N/c1-9-5-4-7-11-10-6-2-3-8-12(10)14-13(9)11/h2-8,14H,1H3. The number of fused-ring (bicyclic) bond motifs is 3. The minimum Gasteiger partial charge on any atom is -0.354 e. The van der Waals surface area contributed by atoms with E-state index in [1.54, 1.807) is 0 Å². The second kappa shape index (κ2) is 2.61. The Morgan fingerprint density at radius 2 is 1.64 bits per heavy atom. The van der Waals surface area contributed by atoms with Crippen molar-refractivity contribution in [3.05, 3.63) is 48.0 Å². The summed E-state index contributed by atoms with van der Waals surface area (Å²) < 4.78 is 0. The maximum Gasteiger partial charge on any atom is 0.0494 e. The molecule has 14 heavy (non-hydrogen) atoms. The van der Waals surface area contributed by atoms with Crippen LogP contribution < -0.4 is 0 Å². The highest BCUT2D eigenvalue weighted by Crippen LogP contribution is 2.26. The molecule has 68 valence electrons. The Labute approximate surface area is 82.4 Å². The van der Waals surface area contributed by atoms with Crippen LogP contribution in [-0.2, 0) is 0 Å². The first-order valence-corrected chi connectivity index (χ1v) is 4.82. The summed E-state index contributed by atoms with van der Waals surface area (Å²) in [7, 11) is 0. The van der Waals surface area contributed by atoms with E-state index in [2.05, 4.69) is 54.4 Å². The van der Waals surface area contributed by atoms with Gasteiger partial charge in [-0.15, -0.1) is 0 Å². The predicted octanol–water partition coefficient (Wildman–Crippen LogP) is 3.63. The number of nitrogens with one attached hydrogen (secondary N) is 1. The maximum absolute atomic E-state index is 3.45. The van der Waals surface area contributed by atoms with Crippen molar-refractivity contribution in [2.45, 2.75) is 6.92 Å². The summed E-state index contributed by atoms with van der Waals surface area (Å²) >= 11 is 0. The summed E-state index contributed by atoms with van der Waals surface area (Å²) in [6, 6.07) is 14.8. The lowest BCUT2D eigenvalue weighted by Gasteiger charge is -1.93. The Bertz CT molecular complexity index is 605.